The Balaban J connectivity index is 2.54. The second-order valence-corrected chi connectivity index (χ2v) is 5.13. The van der Waals surface area contributed by atoms with Gasteiger partial charge in [0, 0.05) is 20.1 Å². The molecule has 2 N–H and O–H groups in total. The van der Waals surface area contributed by atoms with Gasteiger partial charge in [-0.15, -0.1) is 0 Å². The van der Waals surface area contributed by atoms with Crippen molar-refractivity contribution in [3.63, 3.8) is 0 Å². The first kappa shape index (κ1) is 14.0. The van der Waals surface area contributed by atoms with Crippen molar-refractivity contribution in [1.82, 2.24) is 14.9 Å². The average Bonchev–Trinajstić information content (AvgIpc) is 2.35. The molecule has 9 nitrogen and oxygen atoms in total. The molecule has 0 bridgehead atoms. The zero-order valence-corrected chi connectivity index (χ0v) is 11.5. The van der Waals surface area contributed by atoms with Gasteiger partial charge in [-0.3, -0.25) is 14.9 Å². The normalized spacial score (nSPS) is 18.2. The van der Waals surface area contributed by atoms with E-state index >= 15 is 0 Å². The lowest BCUT2D eigenvalue weighted by Crippen LogP contribution is -2.62. The molecule has 1 saturated heterocycles. The number of anilines is 2. The van der Waals surface area contributed by atoms with Gasteiger partial charge in [0.05, 0.1) is 4.92 Å². The number of amides is 1. The molecule has 0 aromatic carbocycles. The fourth-order valence-electron chi connectivity index (χ4n) is 2.34. The number of nitro groups is 1. The second kappa shape index (κ2) is 4.58. The quantitative estimate of drug-likeness (QED) is 0.599. The zero-order chi connectivity index (χ0) is 15.1. The number of hydrogen-bond donors (Lipinski definition) is 1. The molecule has 2 heterocycles. The summed E-state index contributed by atoms with van der Waals surface area (Å²) in [5.41, 5.74) is 4.27. The Morgan fingerprint density at radius 3 is 2.65 bits per heavy atom. The van der Waals surface area contributed by atoms with Gasteiger partial charge in [-0.1, -0.05) is 0 Å². The van der Waals surface area contributed by atoms with E-state index in [9.17, 15) is 14.9 Å². The van der Waals surface area contributed by atoms with Crippen molar-refractivity contribution < 1.29 is 9.72 Å². The predicted molar refractivity (Wildman–Crippen MR) is 72.2 cm³/mol. The van der Waals surface area contributed by atoms with Gasteiger partial charge in [0.15, 0.2) is 0 Å². The summed E-state index contributed by atoms with van der Waals surface area (Å²) in [7, 11) is 1.70. The molecule has 0 spiro atoms. The van der Waals surface area contributed by atoms with Crippen LogP contribution in [0.5, 0.6) is 0 Å². The van der Waals surface area contributed by atoms with Crippen LogP contribution in [0.1, 0.15) is 13.8 Å². The largest absolute Gasteiger partial charge is 0.378 e. The van der Waals surface area contributed by atoms with Gasteiger partial charge in [0.1, 0.15) is 11.9 Å². The van der Waals surface area contributed by atoms with Crippen LogP contribution in [0.25, 0.3) is 0 Å². The van der Waals surface area contributed by atoms with Gasteiger partial charge >= 0.3 is 5.69 Å². The third-order valence-electron chi connectivity index (χ3n) is 3.47. The summed E-state index contributed by atoms with van der Waals surface area (Å²) in [6.07, 6.45) is 1.16. The average molecular weight is 280 g/mol. The Labute approximate surface area is 115 Å². The van der Waals surface area contributed by atoms with E-state index in [1.54, 1.807) is 30.7 Å². The van der Waals surface area contributed by atoms with Crippen LogP contribution in [-0.2, 0) is 4.79 Å². The van der Waals surface area contributed by atoms with Gasteiger partial charge in [0.25, 0.3) is 0 Å². The number of carbonyl (C=O) groups is 1. The maximum Gasteiger partial charge on any atom is 0.353 e. The van der Waals surface area contributed by atoms with Crippen molar-refractivity contribution in [3.05, 3.63) is 16.4 Å². The number of piperazine rings is 1. The summed E-state index contributed by atoms with van der Waals surface area (Å²) in [4.78, 5) is 33.6. The number of nitrogens with two attached hydrogens (primary N) is 1. The van der Waals surface area contributed by atoms with Crippen LogP contribution in [0.2, 0.25) is 0 Å². The molecule has 0 radical (unpaired) electrons. The van der Waals surface area contributed by atoms with Gasteiger partial charge in [-0.2, -0.15) is 0 Å². The number of nitrogen functional groups attached to an aromatic ring is 1. The van der Waals surface area contributed by atoms with E-state index in [0.717, 1.165) is 6.33 Å². The highest BCUT2D eigenvalue weighted by Crippen LogP contribution is 2.35. The summed E-state index contributed by atoms with van der Waals surface area (Å²) < 4.78 is 0. The molecular weight excluding hydrogens is 264 g/mol. The molecule has 9 heteroatoms. The maximum absolute atomic E-state index is 12.2. The number of aromatic nitrogens is 2. The molecule has 1 aliphatic rings. The molecule has 1 fully saturated rings. The lowest BCUT2D eigenvalue weighted by atomic mass is 9.97. The lowest BCUT2D eigenvalue weighted by molar-refractivity contribution is -0.383. The zero-order valence-electron chi connectivity index (χ0n) is 11.5. The van der Waals surface area contributed by atoms with Gasteiger partial charge in [0.2, 0.25) is 17.5 Å². The Morgan fingerprint density at radius 2 is 2.05 bits per heavy atom. The smallest absolute Gasteiger partial charge is 0.353 e. The third kappa shape index (κ3) is 2.00. The number of nitrogens with zero attached hydrogens (tertiary/aromatic N) is 5. The molecule has 108 valence electrons. The monoisotopic (exact) mass is 280 g/mol. The highest BCUT2D eigenvalue weighted by atomic mass is 16.6. The van der Waals surface area contributed by atoms with Crippen molar-refractivity contribution >= 4 is 23.2 Å². The van der Waals surface area contributed by atoms with E-state index in [0.29, 0.717) is 13.1 Å². The molecule has 0 atom stereocenters. The molecular formula is C11H16N6O3. The predicted octanol–water partition coefficient (Wildman–Crippen LogP) is 0.0240. The van der Waals surface area contributed by atoms with Crippen LogP contribution in [0.15, 0.2) is 6.33 Å². The number of likely N-dealkylation sites (N-methyl/N-ethyl adjacent to an activating group) is 1. The lowest BCUT2D eigenvalue weighted by Gasteiger charge is -2.44. The third-order valence-corrected chi connectivity index (χ3v) is 3.47. The Bertz CT molecular complexity index is 573. The minimum Gasteiger partial charge on any atom is -0.378 e. The van der Waals surface area contributed by atoms with Crippen molar-refractivity contribution in [2.75, 3.05) is 30.8 Å². The Morgan fingerprint density at radius 1 is 1.40 bits per heavy atom. The Hall–Kier alpha value is -2.45. The Kier molecular flexibility index (Phi) is 3.20. The maximum atomic E-state index is 12.2. The fourth-order valence-corrected chi connectivity index (χ4v) is 2.34. The van der Waals surface area contributed by atoms with Gasteiger partial charge in [-0.25, -0.2) is 9.97 Å². The van der Waals surface area contributed by atoms with E-state index in [4.69, 9.17) is 5.73 Å². The summed E-state index contributed by atoms with van der Waals surface area (Å²) in [5, 5.41) is 11.2. The molecule has 1 aliphatic heterocycles. The van der Waals surface area contributed by atoms with Crippen molar-refractivity contribution in [1.29, 1.82) is 0 Å². The summed E-state index contributed by atoms with van der Waals surface area (Å²) in [6.45, 7) is 4.30. The molecule has 0 saturated carbocycles. The van der Waals surface area contributed by atoms with Crippen LogP contribution >= 0.6 is 0 Å². The number of hydrogen-bond acceptors (Lipinski definition) is 7. The van der Waals surface area contributed by atoms with E-state index in [1.807, 2.05) is 0 Å². The van der Waals surface area contributed by atoms with E-state index in [-0.39, 0.29) is 23.2 Å². The molecule has 2 rings (SSSR count). The topological polar surface area (TPSA) is 118 Å². The van der Waals surface area contributed by atoms with Crippen LogP contribution < -0.4 is 10.6 Å². The van der Waals surface area contributed by atoms with Crippen molar-refractivity contribution in [2.45, 2.75) is 19.4 Å². The van der Waals surface area contributed by atoms with Crippen molar-refractivity contribution in [3.8, 4) is 0 Å². The summed E-state index contributed by atoms with van der Waals surface area (Å²) in [6, 6.07) is 0. The van der Waals surface area contributed by atoms with Gasteiger partial charge in [-0.05, 0) is 13.8 Å². The minimum atomic E-state index is -0.932. The van der Waals surface area contributed by atoms with Crippen LogP contribution in [0.4, 0.5) is 17.3 Å². The second-order valence-electron chi connectivity index (χ2n) is 5.13. The summed E-state index contributed by atoms with van der Waals surface area (Å²) in [5.74, 6) is -0.258. The number of rotatable bonds is 2. The standard InChI is InChI=1S/C11H16N6O3/c1-11(2)10(18)15(3)4-5-16(11)9-7(17(19)20)8(12)13-6-14-9/h6H,4-5H2,1-3H3,(H2,12,13,14). The fraction of sp³-hybridized carbons (Fsp3) is 0.545. The highest BCUT2D eigenvalue weighted by molar-refractivity contribution is 5.91. The van der Waals surface area contributed by atoms with Crippen LogP contribution in [-0.4, -0.2) is 51.4 Å². The van der Waals surface area contributed by atoms with Crippen molar-refractivity contribution in [2.24, 2.45) is 0 Å². The van der Waals surface area contributed by atoms with E-state index in [2.05, 4.69) is 9.97 Å². The summed E-state index contributed by atoms with van der Waals surface area (Å²) >= 11 is 0. The first-order valence-electron chi connectivity index (χ1n) is 6.05. The first-order valence-corrected chi connectivity index (χ1v) is 6.05. The SMILES string of the molecule is CN1CCN(c2ncnc(N)c2[N+](=O)[O-])C(C)(C)C1=O. The molecule has 1 amide bonds. The molecule has 1 aromatic rings. The first-order chi connectivity index (χ1) is 9.26. The molecule has 1 aromatic heterocycles. The molecule has 20 heavy (non-hydrogen) atoms. The highest BCUT2D eigenvalue weighted by Gasteiger charge is 2.44. The molecule has 0 unspecified atom stereocenters. The molecule has 0 aliphatic carbocycles. The van der Waals surface area contributed by atoms with E-state index < -0.39 is 10.5 Å². The minimum absolute atomic E-state index is 0.0777. The van der Waals surface area contributed by atoms with Crippen LogP contribution in [0.3, 0.4) is 0 Å². The number of carbonyl (C=O) groups excluding carboxylic acids is 1. The van der Waals surface area contributed by atoms with Gasteiger partial charge < -0.3 is 15.5 Å². The van der Waals surface area contributed by atoms with Crippen LogP contribution in [0, 0.1) is 10.1 Å². The van der Waals surface area contributed by atoms with E-state index in [1.165, 1.54) is 0 Å².